The fourth-order valence-corrected chi connectivity index (χ4v) is 3.72. The molecule has 0 N–H and O–H groups in total. The minimum Gasteiger partial charge on any atom is -0.0885 e. The smallest absolute Gasteiger partial charge is 0.0253 e. The minimum absolute atomic E-state index is 0.922. The Morgan fingerprint density at radius 3 is 1.62 bits per heavy atom. The van der Waals surface area contributed by atoms with Crippen LogP contribution in [0.1, 0.15) is 71.6 Å². The largest absolute Gasteiger partial charge is 0.0885 e. The summed E-state index contributed by atoms with van der Waals surface area (Å²) in [5.74, 6) is 0. The molecule has 0 radical (unpaired) electrons. The number of halogens is 2. The molecule has 21 heavy (non-hydrogen) atoms. The van der Waals surface area contributed by atoms with E-state index >= 15 is 0 Å². The van der Waals surface area contributed by atoms with Gasteiger partial charge in [-0.1, -0.05) is 62.0 Å². The van der Waals surface area contributed by atoms with Gasteiger partial charge in [0.2, 0.25) is 0 Å². The fraction of sp³-hybridized carbons (Fsp3) is 0.579. The molecule has 0 nitrogen and oxygen atoms in total. The summed E-state index contributed by atoms with van der Waals surface area (Å²) in [4.78, 5) is 0. The third-order valence-corrected chi connectivity index (χ3v) is 5.19. The van der Waals surface area contributed by atoms with E-state index < -0.39 is 0 Å². The van der Waals surface area contributed by atoms with Crippen LogP contribution in [-0.2, 0) is 0 Å². The number of hydrogen-bond acceptors (Lipinski definition) is 0. The zero-order valence-electron chi connectivity index (χ0n) is 13.3. The van der Waals surface area contributed by atoms with Gasteiger partial charge in [0, 0.05) is 22.9 Å². The van der Waals surface area contributed by atoms with E-state index in [-0.39, 0.29) is 0 Å². The number of unbranched alkanes of at least 4 members (excludes halogenated alkanes) is 2. The molecule has 0 aliphatic heterocycles. The number of rotatable bonds is 8. The van der Waals surface area contributed by atoms with Crippen LogP contribution in [0.2, 0.25) is 0 Å². The summed E-state index contributed by atoms with van der Waals surface area (Å²) in [6, 6.07) is 0. The monoisotopic (exact) mass is 324 g/mol. The lowest BCUT2D eigenvalue weighted by molar-refractivity contribution is 0.779. The maximum Gasteiger partial charge on any atom is 0.0253 e. The molecule has 0 fully saturated rings. The molecule has 0 saturated carbocycles. The fourth-order valence-electron chi connectivity index (χ4n) is 3.13. The van der Waals surface area contributed by atoms with Crippen LogP contribution in [0.5, 0.6) is 0 Å². The van der Waals surface area contributed by atoms with Gasteiger partial charge in [0.05, 0.1) is 0 Å². The highest BCUT2D eigenvalue weighted by Gasteiger charge is 2.21. The third kappa shape index (κ3) is 4.27. The van der Waals surface area contributed by atoms with E-state index in [1.54, 1.807) is 0 Å². The van der Waals surface area contributed by atoms with Crippen LogP contribution in [0.25, 0.3) is 0 Å². The van der Waals surface area contributed by atoms with Crippen molar-refractivity contribution in [1.29, 1.82) is 0 Å². The van der Waals surface area contributed by atoms with E-state index in [4.69, 9.17) is 23.2 Å². The molecule has 2 rings (SSSR count). The molecular formula is C19H26Cl2. The van der Waals surface area contributed by atoms with Crippen LogP contribution < -0.4 is 0 Å². The van der Waals surface area contributed by atoms with E-state index in [1.807, 2.05) is 0 Å². The first-order valence-corrected chi connectivity index (χ1v) is 9.06. The van der Waals surface area contributed by atoms with Gasteiger partial charge in [-0.05, 0) is 54.4 Å². The van der Waals surface area contributed by atoms with Gasteiger partial charge in [-0.3, -0.25) is 0 Å². The lowest BCUT2D eigenvalue weighted by atomic mass is 9.93. The van der Waals surface area contributed by atoms with Crippen molar-refractivity contribution in [3.05, 3.63) is 44.5 Å². The van der Waals surface area contributed by atoms with Crippen molar-refractivity contribution in [3.63, 3.8) is 0 Å². The summed E-state index contributed by atoms with van der Waals surface area (Å²) in [7, 11) is 0. The molecule has 0 unspecified atom stereocenters. The normalized spacial score (nSPS) is 18.7. The SMILES string of the molecule is CCCCC1=C(Cl)CC=C1CC1=CCC(Cl)=C1CCCC. The second-order valence-electron chi connectivity index (χ2n) is 6.02. The summed E-state index contributed by atoms with van der Waals surface area (Å²) in [5.41, 5.74) is 5.69. The van der Waals surface area contributed by atoms with Crippen LogP contribution >= 0.6 is 23.2 Å². The molecule has 0 atom stereocenters. The lowest BCUT2D eigenvalue weighted by Gasteiger charge is -2.13. The third-order valence-electron chi connectivity index (χ3n) is 4.43. The lowest BCUT2D eigenvalue weighted by Crippen LogP contribution is -1.95. The molecule has 0 amide bonds. The van der Waals surface area contributed by atoms with Crippen molar-refractivity contribution in [1.82, 2.24) is 0 Å². The van der Waals surface area contributed by atoms with Crippen molar-refractivity contribution in [2.45, 2.75) is 71.6 Å². The van der Waals surface area contributed by atoms with Crippen molar-refractivity contribution in [2.24, 2.45) is 0 Å². The molecule has 0 aromatic rings. The second kappa shape index (κ2) is 8.25. The summed E-state index contributed by atoms with van der Waals surface area (Å²) in [6.07, 6.45) is 14.6. The van der Waals surface area contributed by atoms with Crippen LogP contribution in [0.15, 0.2) is 44.5 Å². The van der Waals surface area contributed by atoms with Crippen LogP contribution in [0.4, 0.5) is 0 Å². The molecule has 0 heterocycles. The Hall–Kier alpha value is -0.460. The van der Waals surface area contributed by atoms with Crippen molar-refractivity contribution < 1.29 is 0 Å². The van der Waals surface area contributed by atoms with E-state index in [9.17, 15) is 0 Å². The van der Waals surface area contributed by atoms with Gasteiger partial charge < -0.3 is 0 Å². The molecule has 0 aromatic heterocycles. The summed E-state index contributed by atoms with van der Waals surface area (Å²) in [5, 5.41) is 2.12. The zero-order valence-corrected chi connectivity index (χ0v) is 14.8. The first kappa shape index (κ1) is 16.9. The topological polar surface area (TPSA) is 0 Å². The average molecular weight is 325 g/mol. The minimum atomic E-state index is 0.922. The Morgan fingerprint density at radius 2 is 1.24 bits per heavy atom. The predicted molar refractivity (Wildman–Crippen MR) is 94.8 cm³/mol. The van der Waals surface area contributed by atoms with E-state index in [2.05, 4.69) is 26.0 Å². The first-order chi connectivity index (χ1) is 10.2. The maximum atomic E-state index is 6.41. The summed E-state index contributed by atoms with van der Waals surface area (Å²) >= 11 is 12.8. The zero-order chi connectivity index (χ0) is 15.2. The van der Waals surface area contributed by atoms with Gasteiger partial charge in [0.1, 0.15) is 0 Å². The predicted octanol–water partition coefficient (Wildman–Crippen LogP) is 7.40. The Kier molecular flexibility index (Phi) is 6.64. The van der Waals surface area contributed by atoms with Gasteiger partial charge in [-0.2, -0.15) is 0 Å². The average Bonchev–Trinajstić information content (AvgIpc) is 2.99. The van der Waals surface area contributed by atoms with Gasteiger partial charge >= 0.3 is 0 Å². The van der Waals surface area contributed by atoms with E-state index in [0.717, 1.165) is 42.2 Å². The molecule has 116 valence electrons. The van der Waals surface area contributed by atoms with E-state index in [0.29, 0.717) is 0 Å². The molecule has 0 aromatic carbocycles. The Labute approximate surface area is 139 Å². The summed E-state index contributed by atoms with van der Waals surface area (Å²) in [6.45, 7) is 4.47. The van der Waals surface area contributed by atoms with Crippen molar-refractivity contribution in [3.8, 4) is 0 Å². The molecule has 0 spiro atoms. The molecular weight excluding hydrogens is 299 g/mol. The quantitative estimate of drug-likeness (QED) is 0.436. The standard InChI is InChI=1S/C19H26Cl2/c1-3-5-7-16-14(9-11-18(16)20)13-15-10-12-19(21)17(15)8-6-4-2/h9-10H,3-8,11-13H2,1-2H3. The highest BCUT2D eigenvalue weighted by molar-refractivity contribution is 6.31. The van der Waals surface area contributed by atoms with Crippen molar-refractivity contribution >= 4 is 23.2 Å². The summed E-state index contributed by atoms with van der Waals surface area (Å²) < 4.78 is 0. The van der Waals surface area contributed by atoms with Gasteiger partial charge in [-0.25, -0.2) is 0 Å². The molecule has 2 aliphatic rings. The van der Waals surface area contributed by atoms with Crippen LogP contribution in [0.3, 0.4) is 0 Å². The van der Waals surface area contributed by atoms with Crippen molar-refractivity contribution in [2.75, 3.05) is 0 Å². The maximum absolute atomic E-state index is 6.41. The van der Waals surface area contributed by atoms with Crippen LogP contribution in [0, 0.1) is 0 Å². The molecule has 2 aliphatic carbocycles. The number of hydrogen-bond donors (Lipinski definition) is 0. The first-order valence-electron chi connectivity index (χ1n) is 8.31. The Morgan fingerprint density at radius 1 is 0.810 bits per heavy atom. The highest BCUT2D eigenvalue weighted by atomic mass is 35.5. The molecule has 0 saturated heterocycles. The van der Waals surface area contributed by atoms with Gasteiger partial charge in [0.15, 0.2) is 0 Å². The van der Waals surface area contributed by atoms with Gasteiger partial charge in [-0.15, -0.1) is 0 Å². The highest BCUT2D eigenvalue weighted by Crippen LogP contribution is 2.41. The van der Waals surface area contributed by atoms with E-state index in [1.165, 1.54) is 48.0 Å². The second-order valence-corrected chi connectivity index (χ2v) is 6.93. The number of allylic oxidation sites excluding steroid dienone is 8. The van der Waals surface area contributed by atoms with Crippen LogP contribution in [-0.4, -0.2) is 0 Å². The Balaban J connectivity index is 2.05. The molecule has 0 bridgehead atoms. The molecule has 2 heteroatoms. The van der Waals surface area contributed by atoms with Gasteiger partial charge in [0.25, 0.3) is 0 Å². The Bertz CT molecular complexity index is 458.